The van der Waals surface area contributed by atoms with Crippen molar-refractivity contribution < 1.29 is 4.79 Å². The van der Waals surface area contributed by atoms with Crippen LogP contribution < -0.4 is 11.0 Å². The Bertz CT molecular complexity index is 1410. The normalized spacial score (nSPS) is 17.0. The molecule has 2 aromatic carbocycles. The quantitative estimate of drug-likeness (QED) is 0.373. The third-order valence-corrected chi connectivity index (χ3v) is 7.40. The molecule has 5 rings (SSSR count). The summed E-state index contributed by atoms with van der Waals surface area (Å²) in [7, 11) is 0. The smallest absolute Gasteiger partial charge is 0.263 e. The molecule has 1 amide bonds. The van der Waals surface area contributed by atoms with Crippen LogP contribution in [0.5, 0.6) is 0 Å². The van der Waals surface area contributed by atoms with E-state index >= 15 is 0 Å². The van der Waals surface area contributed by atoms with Crippen LogP contribution >= 0.6 is 11.3 Å². The molecule has 0 saturated heterocycles. The molecule has 1 aliphatic rings. The third kappa shape index (κ3) is 3.62. The Hall–Kier alpha value is -3.32. The largest absolute Gasteiger partial charge is 0.286 e. The van der Waals surface area contributed by atoms with Crippen LogP contribution in [0.25, 0.3) is 21.0 Å². The Morgan fingerprint density at radius 3 is 2.97 bits per heavy atom. The van der Waals surface area contributed by atoms with Crippen molar-refractivity contribution in [3.05, 3.63) is 75.1 Å². The van der Waals surface area contributed by atoms with Gasteiger partial charge in [0.25, 0.3) is 11.5 Å². The number of hydrazone groups is 1. The average molecular weight is 445 g/mol. The standard InChI is InChI=1S/C25H24N4O2S/c1-15-10-11-20-21(12-15)32-24-22(20)25(31)29(14-26-24)16(2)23(30)28-27-13-18-8-5-7-17-6-3-4-9-19(17)18/h3-9,13-16H,10-12H2,1-2H3,(H,28,30). The number of amides is 1. The van der Waals surface area contributed by atoms with E-state index in [0.717, 1.165) is 46.0 Å². The Morgan fingerprint density at radius 2 is 2.09 bits per heavy atom. The lowest BCUT2D eigenvalue weighted by atomic mass is 9.89. The average Bonchev–Trinajstić information content (AvgIpc) is 3.17. The Kier molecular flexibility index (Phi) is 5.35. The number of rotatable bonds is 4. The molecule has 6 nitrogen and oxygen atoms in total. The summed E-state index contributed by atoms with van der Waals surface area (Å²) in [6, 6.07) is 13.2. The number of hydrogen-bond donors (Lipinski definition) is 1. The summed E-state index contributed by atoms with van der Waals surface area (Å²) in [6.45, 7) is 3.93. The van der Waals surface area contributed by atoms with Crippen LogP contribution in [0, 0.1) is 5.92 Å². The SMILES string of the molecule is CC1CCc2c(sc3ncn(C(C)C(=O)NN=Cc4cccc5ccccc45)c(=O)c23)C1. The summed E-state index contributed by atoms with van der Waals surface area (Å²) < 4.78 is 1.41. The fourth-order valence-electron chi connectivity index (χ4n) is 4.37. The van der Waals surface area contributed by atoms with Gasteiger partial charge in [0, 0.05) is 10.4 Å². The molecule has 2 atom stereocenters. The van der Waals surface area contributed by atoms with Crippen molar-refractivity contribution in [3.63, 3.8) is 0 Å². The molecule has 162 valence electrons. The lowest BCUT2D eigenvalue weighted by molar-refractivity contribution is -0.123. The highest BCUT2D eigenvalue weighted by atomic mass is 32.1. The summed E-state index contributed by atoms with van der Waals surface area (Å²) in [5.41, 5.74) is 4.46. The summed E-state index contributed by atoms with van der Waals surface area (Å²) >= 11 is 1.61. The number of fused-ring (bicyclic) bond motifs is 4. The molecule has 32 heavy (non-hydrogen) atoms. The molecule has 4 aromatic rings. The van der Waals surface area contributed by atoms with Gasteiger partial charge < -0.3 is 0 Å². The number of aryl methyl sites for hydroxylation is 1. The number of nitrogens with zero attached hydrogens (tertiary/aromatic N) is 3. The van der Waals surface area contributed by atoms with E-state index in [2.05, 4.69) is 22.4 Å². The highest BCUT2D eigenvalue weighted by molar-refractivity contribution is 7.18. The highest BCUT2D eigenvalue weighted by Gasteiger charge is 2.25. The molecule has 0 saturated carbocycles. The van der Waals surface area contributed by atoms with E-state index in [-0.39, 0.29) is 11.5 Å². The first kappa shape index (κ1) is 20.6. The van der Waals surface area contributed by atoms with Gasteiger partial charge in [-0.15, -0.1) is 11.3 Å². The van der Waals surface area contributed by atoms with E-state index in [9.17, 15) is 9.59 Å². The second-order valence-corrected chi connectivity index (χ2v) is 9.55. The summed E-state index contributed by atoms with van der Waals surface area (Å²) in [5, 5.41) is 6.99. The van der Waals surface area contributed by atoms with E-state index in [1.54, 1.807) is 24.5 Å². The maximum absolute atomic E-state index is 13.2. The second kappa shape index (κ2) is 8.31. The van der Waals surface area contributed by atoms with Gasteiger partial charge in [-0.3, -0.25) is 14.2 Å². The van der Waals surface area contributed by atoms with Gasteiger partial charge in [-0.1, -0.05) is 49.4 Å². The molecular formula is C25H24N4O2S. The predicted molar refractivity (Wildman–Crippen MR) is 129 cm³/mol. The second-order valence-electron chi connectivity index (χ2n) is 8.47. The van der Waals surface area contributed by atoms with Crippen molar-refractivity contribution in [1.29, 1.82) is 0 Å². The van der Waals surface area contributed by atoms with Crippen LogP contribution in [0.15, 0.2) is 58.7 Å². The lowest BCUT2D eigenvalue weighted by Gasteiger charge is -2.18. The summed E-state index contributed by atoms with van der Waals surface area (Å²) in [6.07, 6.45) is 6.08. The molecular weight excluding hydrogens is 420 g/mol. The summed E-state index contributed by atoms with van der Waals surface area (Å²) in [5.74, 6) is 0.268. The van der Waals surface area contributed by atoms with Gasteiger partial charge in [0.05, 0.1) is 17.9 Å². The fourth-order valence-corrected chi connectivity index (χ4v) is 5.71. The van der Waals surface area contributed by atoms with E-state index < -0.39 is 6.04 Å². The third-order valence-electron chi connectivity index (χ3n) is 6.24. The Morgan fingerprint density at radius 1 is 1.28 bits per heavy atom. The molecule has 7 heteroatoms. The molecule has 1 N–H and O–H groups in total. The topological polar surface area (TPSA) is 76.3 Å². The molecule has 0 bridgehead atoms. The Labute approximate surface area is 189 Å². The van der Waals surface area contributed by atoms with E-state index in [4.69, 9.17) is 0 Å². The minimum Gasteiger partial charge on any atom is -0.286 e. The number of carbonyl (C=O) groups excluding carboxylic acids is 1. The van der Waals surface area contributed by atoms with E-state index in [1.165, 1.54) is 15.8 Å². The van der Waals surface area contributed by atoms with Gasteiger partial charge in [-0.2, -0.15) is 5.10 Å². The monoisotopic (exact) mass is 444 g/mol. The number of benzene rings is 2. The zero-order chi connectivity index (χ0) is 22.2. The lowest BCUT2D eigenvalue weighted by Crippen LogP contribution is -2.34. The Balaban J connectivity index is 1.38. The van der Waals surface area contributed by atoms with Crippen molar-refractivity contribution in [2.45, 2.75) is 39.2 Å². The van der Waals surface area contributed by atoms with Gasteiger partial charge in [0.2, 0.25) is 0 Å². The first-order chi connectivity index (χ1) is 15.5. The zero-order valence-electron chi connectivity index (χ0n) is 18.0. The molecule has 2 unspecified atom stereocenters. The van der Waals surface area contributed by atoms with Crippen molar-refractivity contribution in [2.24, 2.45) is 11.0 Å². The van der Waals surface area contributed by atoms with Gasteiger partial charge >= 0.3 is 0 Å². The van der Waals surface area contributed by atoms with Crippen molar-refractivity contribution in [2.75, 3.05) is 0 Å². The molecule has 0 radical (unpaired) electrons. The van der Waals surface area contributed by atoms with E-state index in [0.29, 0.717) is 11.3 Å². The number of carbonyl (C=O) groups is 1. The van der Waals surface area contributed by atoms with Crippen molar-refractivity contribution in [3.8, 4) is 0 Å². The molecule has 0 aliphatic heterocycles. The van der Waals surface area contributed by atoms with Gasteiger partial charge in [0.1, 0.15) is 10.9 Å². The first-order valence-electron chi connectivity index (χ1n) is 10.8. The van der Waals surface area contributed by atoms with Crippen molar-refractivity contribution in [1.82, 2.24) is 15.0 Å². The molecule has 0 fully saturated rings. The number of nitrogens with one attached hydrogen (secondary N) is 1. The first-order valence-corrected chi connectivity index (χ1v) is 11.7. The van der Waals surface area contributed by atoms with Crippen LogP contribution in [-0.2, 0) is 17.6 Å². The molecule has 0 spiro atoms. The fraction of sp³-hybridized carbons (Fsp3) is 0.280. The van der Waals surface area contributed by atoms with Crippen LogP contribution in [-0.4, -0.2) is 21.7 Å². The van der Waals surface area contributed by atoms with Crippen LogP contribution in [0.3, 0.4) is 0 Å². The van der Waals surface area contributed by atoms with Gasteiger partial charge in [-0.25, -0.2) is 10.4 Å². The van der Waals surface area contributed by atoms with Gasteiger partial charge in [0.15, 0.2) is 0 Å². The minimum atomic E-state index is -0.720. The number of aromatic nitrogens is 2. The predicted octanol–water partition coefficient (Wildman–Crippen LogP) is 4.45. The molecule has 2 aromatic heterocycles. The minimum absolute atomic E-state index is 0.150. The molecule has 1 aliphatic carbocycles. The summed E-state index contributed by atoms with van der Waals surface area (Å²) in [4.78, 5) is 32.5. The van der Waals surface area contributed by atoms with Crippen molar-refractivity contribution >= 4 is 44.4 Å². The number of hydrogen-bond acceptors (Lipinski definition) is 5. The van der Waals surface area contributed by atoms with Crippen LogP contribution in [0.4, 0.5) is 0 Å². The zero-order valence-corrected chi connectivity index (χ0v) is 18.9. The van der Waals surface area contributed by atoms with E-state index in [1.807, 2.05) is 42.5 Å². The maximum Gasteiger partial charge on any atom is 0.263 e. The van der Waals surface area contributed by atoms with Gasteiger partial charge in [-0.05, 0) is 48.4 Å². The van der Waals surface area contributed by atoms with Crippen LogP contribution in [0.1, 0.15) is 42.3 Å². The number of thiophene rings is 1. The highest BCUT2D eigenvalue weighted by Crippen LogP contribution is 2.35. The maximum atomic E-state index is 13.2. The molecule has 2 heterocycles. The van der Waals surface area contributed by atoms with Crippen LogP contribution in [0.2, 0.25) is 0 Å².